The van der Waals surface area contributed by atoms with Crippen molar-refractivity contribution >= 4 is 40.0 Å². The Balaban J connectivity index is 1.44. The van der Waals surface area contributed by atoms with Crippen LogP contribution in [0.1, 0.15) is 27.8 Å². The van der Waals surface area contributed by atoms with Crippen molar-refractivity contribution in [3.8, 4) is 5.75 Å². The van der Waals surface area contributed by atoms with Gasteiger partial charge in [0.2, 0.25) is 0 Å². The molecule has 0 atom stereocenters. The highest BCUT2D eigenvalue weighted by molar-refractivity contribution is 6.39. The fourth-order valence-corrected chi connectivity index (χ4v) is 3.40. The highest BCUT2D eigenvalue weighted by atomic mass is 35.5. The molecule has 152 valence electrons. The van der Waals surface area contributed by atoms with Crippen LogP contribution in [0.4, 0.5) is 0 Å². The molecule has 0 fully saturated rings. The molecule has 2 aromatic heterocycles. The van der Waals surface area contributed by atoms with Crippen LogP contribution in [-0.2, 0) is 13.2 Å². The number of fused-ring (bicyclic) bond motifs is 1. The number of benzene rings is 2. The van der Waals surface area contributed by atoms with Gasteiger partial charge in [0.05, 0.1) is 16.6 Å². The number of ether oxygens (including phenoxy) is 1. The second-order valence-electron chi connectivity index (χ2n) is 6.46. The van der Waals surface area contributed by atoms with Crippen LogP contribution >= 0.6 is 23.2 Å². The summed E-state index contributed by atoms with van der Waals surface area (Å²) < 4.78 is 11.0. The number of aryl methyl sites for hydroxylation is 1. The first kappa shape index (κ1) is 20.1. The Kier molecular flexibility index (Phi) is 5.83. The van der Waals surface area contributed by atoms with Gasteiger partial charge in [-0.15, -0.1) is 0 Å². The van der Waals surface area contributed by atoms with E-state index >= 15 is 0 Å². The van der Waals surface area contributed by atoms with Crippen LogP contribution in [0.15, 0.2) is 53.1 Å². The maximum Gasteiger partial charge on any atom is 0.264 e. The van der Waals surface area contributed by atoms with Gasteiger partial charge in [-0.1, -0.05) is 46.6 Å². The number of nitrogens with one attached hydrogen (secondary N) is 1. The van der Waals surface area contributed by atoms with Crippen molar-refractivity contribution in [1.29, 1.82) is 0 Å². The smallest absolute Gasteiger partial charge is 0.264 e. The molecule has 0 aliphatic rings. The minimum atomic E-state index is -0.223. The molecule has 1 N–H and O–H groups in total. The topological polar surface area (TPSA) is 90.1 Å². The minimum absolute atomic E-state index is 0.00823. The van der Waals surface area contributed by atoms with E-state index in [0.29, 0.717) is 32.7 Å². The molecular formula is C21H16Cl2N4O3. The number of amides is 1. The van der Waals surface area contributed by atoms with Crippen LogP contribution in [0.3, 0.4) is 0 Å². The quantitative estimate of drug-likeness (QED) is 0.463. The van der Waals surface area contributed by atoms with Gasteiger partial charge in [0, 0.05) is 16.6 Å². The number of carbonyl (C=O) groups is 1. The van der Waals surface area contributed by atoms with Crippen molar-refractivity contribution < 1.29 is 14.1 Å². The van der Waals surface area contributed by atoms with Gasteiger partial charge in [0.25, 0.3) is 11.8 Å². The molecule has 2 aromatic carbocycles. The summed E-state index contributed by atoms with van der Waals surface area (Å²) in [7, 11) is 0. The van der Waals surface area contributed by atoms with Gasteiger partial charge in [-0.25, -0.2) is 4.98 Å². The summed E-state index contributed by atoms with van der Waals surface area (Å²) in [6, 6.07) is 14.2. The third-order valence-electron chi connectivity index (χ3n) is 4.27. The molecule has 30 heavy (non-hydrogen) atoms. The lowest BCUT2D eigenvalue weighted by Gasteiger charge is -2.11. The van der Waals surface area contributed by atoms with Crippen LogP contribution in [0, 0.1) is 6.92 Å². The summed E-state index contributed by atoms with van der Waals surface area (Å²) in [5, 5.41) is 8.15. The number of carbonyl (C=O) groups excluding carboxylic acids is 1. The van der Waals surface area contributed by atoms with Gasteiger partial charge in [-0.3, -0.25) is 4.79 Å². The van der Waals surface area contributed by atoms with E-state index in [1.54, 1.807) is 30.3 Å². The van der Waals surface area contributed by atoms with Gasteiger partial charge < -0.3 is 14.6 Å². The lowest BCUT2D eigenvalue weighted by Crippen LogP contribution is -2.23. The normalized spacial score (nSPS) is 10.9. The number of pyridine rings is 1. The Labute approximate surface area is 182 Å². The third kappa shape index (κ3) is 4.37. The van der Waals surface area contributed by atoms with E-state index in [4.69, 9.17) is 32.5 Å². The Hall–Kier alpha value is -3.16. The molecule has 0 radical (unpaired) electrons. The molecule has 0 bridgehead atoms. The highest BCUT2D eigenvalue weighted by Gasteiger charge is 2.15. The Morgan fingerprint density at radius 3 is 2.70 bits per heavy atom. The summed E-state index contributed by atoms with van der Waals surface area (Å²) in [6.45, 7) is 1.99. The average Bonchev–Trinajstić information content (AvgIpc) is 3.20. The summed E-state index contributed by atoms with van der Waals surface area (Å²) in [5.41, 5.74) is 1.92. The van der Waals surface area contributed by atoms with Gasteiger partial charge in [-0.05, 0) is 37.3 Å². The van der Waals surface area contributed by atoms with Crippen molar-refractivity contribution in [2.75, 3.05) is 0 Å². The summed E-state index contributed by atoms with van der Waals surface area (Å²) >= 11 is 12.6. The second-order valence-corrected chi connectivity index (χ2v) is 7.27. The fraction of sp³-hybridized carbons (Fsp3) is 0.143. The zero-order chi connectivity index (χ0) is 21.1. The molecule has 4 aromatic rings. The lowest BCUT2D eigenvalue weighted by atomic mass is 10.2. The van der Waals surface area contributed by atoms with E-state index in [1.807, 2.05) is 25.1 Å². The van der Waals surface area contributed by atoms with Crippen LogP contribution in [0.5, 0.6) is 5.75 Å². The zero-order valence-electron chi connectivity index (χ0n) is 15.9. The number of rotatable bonds is 6. The molecule has 0 unspecified atom stereocenters. The van der Waals surface area contributed by atoms with Crippen molar-refractivity contribution in [2.24, 2.45) is 0 Å². The predicted octanol–water partition coefficient (Wildman–Crippen LogP) is 4.74. The number of aromatic nitrogens is 3. The van der Waals surface area contributed by atoms with E-state index in [0.717, 1.165) is 11.1 Å². The monoisotopic (exact) mass is 442 g/mol. The number of halogens is 2. The molecule has 0 aliphatic carbocycles. The standard InChI is InChI=1S/C21H16Cl2N4O3/c1-12-7-8-14-15(22)9-16(23)20(19(14)25-12)29-11-18-26-17(27-30-18)10-24-21(28)13-5-3-2-4-6-13/h2-9H,10-11H2,1H3,(H,24,28). The second kappa shape index (κ2) is 8.69. The van der Waals surface area contributed by atoms with Crippen LogP contribution < -0.4 is 10.1 Å². The molecule has 1 amide bonds. The van der Waals surface area contributed by atoms with E-state index < -0.39 is 0 Å². The maximum atomic E-state index is 12.1. The highest BCUT2D eigenvalue weighted by Crippen LogP contribution is 2.37. The molecular weight excluding hydrogens is 427 g/mol. The molecule has 0 aliphatic heterocycles. The molecule has 0 saturated carbocycles. The first-order valence-corrected chi connectivity index (χ1v) is 9.79. The largest absolute Gasteiger partial charge is 0.480 e. The van der Waals surface area contributed by atoms with Crippen molar-refractivity contribution in [2.45, 2.75) is 20.1 Å². The van der Waals surface area contributed by atoms with Crippen LogP contribution in [0.25, 0.3) is 10.9 Å². The Morgan fingerprint density at radius 1 is 1.10 bits per heavy atom. The van der Waals surface area contributed by atoms with Gasteiger partial charge in [0.1, 0.15) is 5.52 Å². The van der Waals surface area contributed by atoms with E-state index in [1.165, 1.54) is 0 Å². The van der Waals surface area contributed by atoms with Gasteiger partial charge >= 0.3 is 0 Å². The zero-order valence-corrected chi connectivity index (χ0v) is 17.4. The van der Waals surface area contributed by atoms with E-state index in [2.05, 4.69) is 20.4 Å². The molecule has 2 heterocycles. The first-order chi connectivity index (χ1) is 14.5. The van der Waals surface area contributed by atoms with Gasteiger partial charge in [-0.2, -0.15) is 4.98 Å². The fourth-order valence-electron chi connectivity index (χ4n) is 2.83. The Morgan fingerprint density at radius 2 is 1.90 bits per heavy atom. The summed E-state index contributed by atoms with van der Waals surface area (Å²) in [5.74, 6) is 0.737. The number of hydrogen-bond donors (Lipinski definition) is 1. The van der Waals surface area contributed by atoms with Crippen LogP contribution in [-0.4, -0.2) is 21.0 Å². The molecule has 7 nitrogen and oxygen atoms in total. The van der Waals surface area contributed by atoms with Crippen molar-refractivity contribution in [1.82, 2.24) is 20.4 Å². The maximum absolute atomic E-state index is 12.1. The average molecular weight is 443 g/mol. The molecule has 0 saturated heterocycles. The first-order valence-electron chi connectivity index (χ1n) is 9.04. The van der Waals surface area contributed by atoms with E-state index in [-0.39, 0.29) is 24.9 Å². The van der Waals surface area contributed by atoms with Crippen molar-refractivity contribution in [3.05, 3.63) is 81.5 Å². The minimum Gasteiger partial charge on any atom is -0.480 e. The SMILES string of the molecule is Cc1ccc2c(Cl)cc(Cl)c(OCc3nc(CNC(=O)c4ccccc4)no3)c2n1. The number of nitrogens with zero attached hydrogens (tertiary/aromatic N) is 3. The van der Waals surface area contributed by atoms with E-state index in [9.17, 15) is 4.79 Å². The molecule has 4 rings (SSSR count). The van der Waals surface area contributed by atoms with Crippen LogP contribution in [0.2, 0.25) is 10.0 Å². The molecule has 9 heteroatoms. The van der Waals surface area contributed by atoms with Gasteiger partial charge in [0.15, 0.2) is 18.2 Å². The third-order valence-corrected chi connectivity index (χ3v) is 4.86. The van der Waals surface area contributed by atoms with Crippen molar-refractivity contribution in [3.63, 3.8) is 0 Å². The lowest BCUT2D eigenvalue weighted by molar-refractivity contribution is 0.0949. The summed E-state index contributed by atoms with van der Waals surface area (Å²) in [6.07, 6.45) is 0. The Bertz CT molecular complexity index is 1210. The number of hydrogen-bond acceptors (Lipinski definition) is 6. The summed E-state index contributed by atoms with van der Waals surface area (Å²) in [4.78, 5) is 20.8. The molecule has 0 spiro atoms. The predicted molar refractivity (Wildman–Crippen MR) is 113 cm³/mol.